The number of methoxy groups -OCH3 is 1. The summed E-state index contributed by atoms with van der Waals surface area (Å²) in [5.74, 6) is 0.772. The van der Waals surface area contributed by atoms with Gasteiger partial charge in [0, 0.05) is 10.6 Å². The highest BCUT2D eigenvalue weighted by Gasteiger charge is 2.20. The number of ether oxygens (including phenoxy) is 1. The van der Waals surface area contributed by atoms with Crippen LogP contribution in [-0.4, -0.2) is 7.11 Å². The predicted octanol–water partition coefficient (Wildman–Crippen LogP) is 6.22. The van der Waals surface area contributed by atoms with Crippen molar-refractivity contribution in [2.45, 2.75) is 39.0 Å². The molecule has 0 saturated carbocycles. The van der Waals surface area contributed by atoms with Crippen LogP contribution < -0.4 is 4.74 Å². The fourth-order valence-electron chi connectivity index (χ4n) is 1.74. The quantitative estimate of drug-likeness (QED) is 0.584. The van der Waals surface area contributed by atoms with Crippen LogP contribution in [0.2, 0.25) is 5.02 Å². The molecule has 0 aliphatic rings. The lowest BCUT2D eigenvalue weighted by molar-refractivity contribution is 0.359. The number of hydrogen-bond donors (Lipinski definition) is 0. The summed E-state index contributed by atoms with van der Waals surface area (Å²) < 4.78 is 6.24. The normalized spacial score (nSPS) is 13.5. The highest BCUT2D eigenvalue weighted by Crippen LogP contribution is 2.41. The first-order valence-electron chi connectivity index (χ1n) is 5.91. The molecule has 1 aromatic carbocycles. The molecule has 1 rings (SSSR count). The van der Waals surface area contributed by atoms with Crippen molar-refractivity contribution in [1.29, 1.82) is 0 Å². The van der Waals surface area contributed by atoms with Gasteiger partial charge in [-0.1, -0.05) is 32.4 Å². The largest absolute Gasteiger partial charge is 0.495 e. The molecule has 0 spiro atoms. The van der Waals surface area contributed by atoms with Gasteiger partial charge in [-0.2, -0.15) is 0 Å². The van der Waals surface area contributed by atoms with E-state index in [1.807, 2.05) is 12.1 Å². The van der Waals surface area contributed by atoms with Crippen molar-refractivity contribution < 1.29 is 4.74 Å². The molecular formula is C14H19BrCl2O. The smallest absolute Gasteiger partial charge is 0.137 e. The lowest BCUT2D eigenvalue weighted by Gasteiger charge is -2.21. The molecule has 1 atom stereocenters. The van der Waals surface area contributed by atoms with Crippen LogP contribution in [0, 0.1) is 5.41 Å². The second-order valence-electron chi connectivity index (χ2n) is 5.58. The van der Waals surface area contributed by atoms with Gasteiger partial charge in [0.05, 0.1) is 17.0 Å². The van der Waals surface area contributed by atoms with E-state index in [2.05, 4.69) is 36.7 Å². The molecule has 0 aromatic heterocycles. The number of halogens is 3. The Morgan fingerprint density at radius 2 is 1.94 bits per heavy atom. The highest BCUT2D eigenvalue weighted by atomic mass is 79.9. The first-order chi connectivity index (χ1) is 8.24. The van der Waals surface area contributed by atoms with Crippen LogP contribution in [0.3, 0.4) is 0 Å². The summed E-state index contributed by atoms with van der Waals surface area (Å²) >= 11 is 16.0. The third kappa shape index (κ3) is 4.64. The van der Waals surface area contributed by atoms with Crippen LogP contribution in [0.25, 0.3) is 0 Å². The van der Waals surface area contributed by atoms with E-state index < -0.39 is 0 Å². The third-order valence-corrected chi connectivity index (χ3v) is 3.99. The Morgan fingerprint density at radius 1 is 1.33 bits per heavy atom. The van der Waals surface area contributed by atoms with Crippen LogP contribution in [0.15, 0.2) is 16.6 Å². The van der Waals surface area contributed by atoms with Gasteiger partial charge in [0.25, 0.3) is 0 Å². The lowest BCUT2D eigenvalue weighted by Crippen LogP contribution is -2.07. The molecule has 0 N–H and O–H groups in total. The molecule has 1 unspecified atom stereocenters. The Balaban J connectivity index is 2.94. The van der Waals surface area contributed by atoms with Gasteiger partial charge >= 0.3 is 0 Å². The van der Waals surface area contributed by atoms with E-state index in [0.717, 1.165) is 28.6 Å². The molecular weight excluding hydrogens is 335 g/mol. The van der Waals surface area contributed by atoms with Crippen LogP contribution in [0.4, 0.5) is 0 Å². The Labute approximate surface area is 128 Å². The number of rotatable bonds is 4. The van der Waals surface area contributed by atoms with Crippen LogP contribution in [0.5, 0.6) is 5.75 Å². The van der Waals surface area contributed by atoms with Gasteiger partial charge in [-0.15, -0.1) is 11.6 Å². The summed E-state index contributed by atoms with van der Waals surface area (Å²) in [5.41, 5.74) is 1.22. The average molecular weight is 354 g/mol. The third-order valence-electron chi connectivity index (χ3n) is 2.73. The molecule has 0 fully saturated rings. The monoisotopic (exact) mass is 352 g/mol. The van der Waals surface area contributed by atoms with E-state index in [1.165, 1.54) is 0 Å². The molecule has 0 amide bonds. The van der Waals surface area contributed by atoms with E-state index in [4.69, 9.17) is 27.9 Å². The molecule has 0 bridgehead atoms. The first kappa shape index (κ1) is 16.1. The zero-order valence-electron chi connectivity index (χ0n) is 11.2. The van der Waals surface area contributed by atoms with Gasteiger partial charge < -0.3 is 4.74 Å². The summed E-state index contributed by atoms with van der Waals surface area (Å²) in [6, 6.07) is 3.70. The second-order valence-corrected chi connectivity index (χ2v) is 7.39. The standard InChI is InChI=1S/C14H19BrCl2O/c1-14(2,3)6-5-12(17)10-7-9(16)8-11(15)13(10)18-4/h7-8,12H,5-6H2,1-4H3. The van der Waals surface area contributed by atoms with Gasteiger partial charge in [0.2, 0.25) is 0 Å². The average Bonchev–Trinajstić information content (AvgIpc) is 2.24. The molecule has 0 saturated heterocycles. The Hall–Kier alpha value is 0.0800. The Bertz CT molecular complexity index is 413. The van der Waals surface area contributed by atoms with Crippen molar-refractivity contribution >= 4 is 39.1 Å². The summed E-state index contributed by atoms with van der Waals surface area (Å²) in [5, 5.41) is 0.577. The van der Waals surface area contributed by atoms with Crippen molar-refractivity contribution in [1.82, 2.24) is 0 Å². The van der Waals surface area contributed by atoms with Crippen LogP contribution in [0.1, 0.15) is 44.6 Å². The Kier molecular flexibility index (Phi) is 5.82. The van der Waals surface area contributed by atoms with Gasteiger partial charge in [0.1, 0.15) is 5.75 Å². The molecule has 0 heterocycles. The fraction of sp³-hybridized carbons (Fsp3) is 0.571. The molecule has 1 nitrogen and oxygen atoms in total. The van der Waals surface area contributed by atoms with Gasteiger partial charge in [0.15, 0.2) is 0 Å². The van der Waals surface area contributed by atoms with Crippen molar-refractivity contribution in [3.63, 3.8) is 0 Å². The SMILES string of the molecule is COc1c(Br)cc(Cl)cc1C(Cl)CCC(C)(C)C. The molecule has 4 heteroatoms. The maximum absolute atomic E-state index is 6.48. The molecule has 18 heavy (non-hydrogen) atoms. The van der Waals surface area contributed by atoms with Crippen molar-refractivity contribution in [2.24, 2.45) is 5.41 Å². The molecule has 1 aromatic rings. The zero-order chi connectivity index (χ0) is 13.9. The Morgan fingerprint density at radius 3 is 2.44 bits per heavy atom. The van der Waals surface area contributed by atoms with Crippen molar-refractivity contribution in [3.8, 4) is 5.75 Å². The first-order valence-corrected chi connectivity index (χ1v) is 7.52. The van der Waals surface area contributed by atoms with E-state index in [-0.39, 0.29) is 10.8 Å². The van der Waals surface area contributed by atoms with Crippen LogP contribution in [-0.2, 0) is 0 Å². The number of hydrogen-bond acceptors (Lipinski definition) is 1. The second kappa shape index (κ2) is 6.49. The minimum absolute atomic E-state index is 0.0887. The van der Waals surface area contributed by atoms with Gasteiger partial charge in [-0.3, -0.25) is 0 Å². The van der Waals surface area contributed by atoms with Gasteiger partial charge in [-0.25, -0.2) is 0 Å². The molecule has 102 valence electrons. The highest BCUT2D eigenvalue weighted by molar-refractivity contribution is 9.10. The van der Waals surface area contributed by atoms with Crippen LogP contribution >= 0.6 is 39.1 Å². The number of alkyl halides is 1. The summed E-state index contributed by atoms with van der Waals surface area (Å²) in [6.45, 7) is 6.63. The number of benzene rings is 1. The van der Waals surface area contributed by atoms with Gasteiger partial charge in [-0.05, 0) is 46.3 Å². The van der Waals surface area contributed by atoms with Crippen molar-refractivity contribution in [3.05, 3.63) is 27.2 Å². The predicted molar refractivity (Wildman–Crippen MR) is 83.0 cm³/mol. The topological polar surface area (TPSA) is 9.23 Å². The molecule has 0 radical (unpaired) electrons. The molecule has 0 aliphatic carbocycles. The van der Waals surface area contributed by atoms with E-state index in [9.17, 15) is 0 Å². The zero-order valence-corrected chi connectivity index (χ0v) is 14.3. The van der Waals surface area contributed by atoms with E-state index >= 15 is 0 Å². The molecule has 0 aliphatic heterocycles. The summed E-state index contributed by atoms with van der Waals surface area (Å²) in [4.78, 5) is 0. The maximum Gasteiger partial charge on any atom is 0.137 e. The van der Waals surface area contributed by atoms with Crippen molar-refractivity contribution in [2.75, 3.05) is 7.11 Å². The summed E-state index contributed by atoms with van der Waals surface area (Å²) in [6.07, 6.45) is 1.95. The van der Waals surface area contributed by atoms with E-state index in [0.29, 0.717) is 5.02 Å². The maximum atomic E-state index is 6.48. The van der Waals surface area contributed by atoms with E-state index in [1.54, 1.807) is 7.11 Å². The lowest BCUT2D eigenvalue weighted by atomic mass is 9.89. The minimum atomic E-state index is -0.0887. The summed E-state index contributed by atoms with van der Waals surface area (Å²) in [7, 11) is 1.64. The fourth-order valence-corrected chi connectivity index (χ4v) is 3.01. The minimum Gasteiger partial charge on any atom is -0.495 e.